The topological polar surface area (TPSA) is 42.2 Å². The molecule has 0 spiro atoms. The van der Waals surface area contributed by atoms with Gasteiger partial charge >= 0.3 is 5.51 Å². The highest BCUT2D eigenvalue weighted by Gasteiger charge is 2.27. The minimum Gasteiger partial charge on any atom is -0.497 e. The fourth-order valence-electron chi connectivity index (χ4n) is 1.15. The summed E-state index contributed by atoms with van der Waals surface area (Å²) in [6.45, 7) is -0.0950. The Morgan fingerprint density at radius 1 is 1.28 bits per heavy atom. The van der Waals surface area contributed by atoms with E-state index in [1.807, 2.05) is 6.07 Å². The normalized spacial score (nSPS) is 10.8. The van der Waals surface area contributed by atoms with Gasteiger partial charge in [0.25, 0.3) is 0 Å². The number of rotatable bonds is 5. The molecule has 1 rings (SSSR count). The first kappa shape index (κ1) is 14.5. The van der Waals surface area contributed by atoms with Crippen LogP contribution in [-0.4, -0.2) is 25.0 Å². The first-order valence-electron chi connectivity index (χ1n) is 4.87. The molecule has 1 aromatic carbocycles. The molecule has 0 N–H and O–H groups in total. The van der Waals surface area contributed by atoms with Gasteiger partial charge in [0.2, 0.25) is 0 Å². The maximum Gasteiger partial charge on any atom is 0.441 e. The van der Waals surface area contributed by atoms with Crippen molar-refractivity contribution >= 4 is 11.8 Å². The summed E-state index contributed by atoms with van der Waals surface area (Å²) in [6.07, 6.45) is 0. The van der Waals surface area contributed by atoms with Crippen molar-refractivity contribution in [2.24, 2.45) is 0 Å². The molecular formula is C11H10F3NO2S. The largest absolute Gasteiger partial charge is 0.497 e. The minimum absolute atomic E-state index is 0.0950. The predicted molar refractivity (Wildman–Crippen MR) is 61.7 cm³/mol. The predicted octanol–water partition coefficient (Wildman–Crippen LogP) is 3.20. The van der Waals surface area contributed by atoms with Crippen molar-refractivity contribution in [3.63, 3.8) is 0 Å². The molecule has 0 aliphatic rings. The molecule has 0 heterocycles. The number of hydrogen-bond acceptors (Lipinski definition) is 4. The molecule has 0 unspecified atom stereocenters. The van der Waals surface area contributed by atoms with E-state index in [0.717, 1.165) is 0 Å². The lowest BCUT2D eigenvalue weighted by Crippen LogP contribution is -2.07. The average molecular weight is 277 g/mol. The Labute approximate surface area is 106 Å². The van der Waals surface area contributed by atoms with Crippen LogP contribution in [0.1, 0.15) is 5.56 Å². The number of nitriles is 1. The smallest absolute Gasteiger partial charge is 0.441 e. The van der Waals surface area contributed by atoms with Crippen LogP contribution in [0.5, 0.6) is 11.5 Å². The van der Waals surface area contributed by atoms with Crippen LogP contribution in [0.3, 0.4) is 0 Å². The van der Waals surface area contributed by atoms with Crippen molar-refractivity contribution in [3.05, 3.63) is 23.8 Å². The third kappa shape index (κ3) is 5.19. The van der Waals surface area contributed by atoms with E-state index in [4.69, 9.17) is 14.7 Å². The SMILES string of the molecule is COc1cc(C#N)cc(OCCSC(F)(F)F)c1. The Morgan fingerprint density at radius 2 is 1.94 bits per heavy atom. The maximum absolute atomic E-state index is 11.9. The Balaban J connectivity index is 2.54. The van der Waals surface area contributed by atoms with Crippen LogP contribution in [0.4, 0.5) is 13.2 Å². The van der Waals surface area contributed by atoms with Gasteiger partial charge in [-0.2, -0.15) is 18.4 Å². The first-order valence-corrected chi connectivity index (χ1v) is 5.86. The summed E-state index contributed by atoms with van der Waals surface area (Å²) >= 11 is -0.149. The number of methoxy groups -OCH3 is 1. The van der Waals surface area contributed by atoms with Crippen molar-refractivity contribution in [1.82, 2.24) is 0 Å². The fraction of sp³-hybridized carbons (Fsp3) is 0.364. The van der Waals surface area contributed by atoms with Crippen molar-refractivity contribution in [2.45, 2.75) is 5.51 Å². The highest BCUT2D eigenvalue weighted by molar-refractivity contribution is 8.00. The first-order chi connectivity index (χ1) is 8.44. The average Bonchev–Trinajstić information content (AvgIpc) is 2.33. The second-order valence-corrected chi connectivity index (χ2v) is 4.31. The van der Waals surface area contributed by atoms with Gasteiger partial charge in [-0.15, -0.1) is 0 Å². The van der Waals surface area contributed by atoms with Crippen molar-refractivity contribution in [1.29, 1.82) is 5.26 Å². The number of hydrogen-bond donors (Lipinski definition) is 0. The lowest BCUT2D eigenvalue weighted by atomic mass is 10.2. The summed E-state index contributed by atoms with van der Waals surface area (Å²) in [4.78, 5) is 0. The van der Waals surface area contributed by atoms with E-state index in [0.29, 0.717) is 17.1 Å². The molecule has 0 radical (unpaired) electrons. The standard InChI is InChI=1S/C11H10F3NO2S/c1-16-9-4-8(7-15)5-10(6-9)17-2-3-18-11(12,13)14/h4-6H,2-3H2,1H3. The van der Waals surface area contributed by atoms with E-state index in [1.54, 1.807) is 0 Å². The van der Waals surface area contributed by atoms with Crippen LogP contribution in [0, 0.1) is 11.3 Å². The fourth-order valence-corrected chi connectivity index (χ4v) is 1.55. The van der Waals surface area contributed by atoms with Gasteiger partial charge in [-0.1, -0.05) is 0 Å². The molecule has 0 bridgehead atoms. The monoisotopic (exact) mass is 277 g/mol. The van der Waals surface area contributed by atoms with E-state index >= 15 is 0 Å². The molecule has 0 saturated heterocycles. The molecule has 0 aliphatic carbocycles. The van der Waals surface area contributed by atoms with E-state index in [1.165, 1.54) is 25.3 Å². The molecule has 1 aromatic rings. The van der Waals surface area contributed by atoms with E-state index in [9.17, 15) is 13.2 Å². The van der Waals surface area contributed by atoms with Crippen LogP contribution in [-0.2, 0) is 0 Å². The second-order valence-electron chi connectivity index (χ2n) is 3.15. The highest BCUT2D eigenvalue weighted by atomic mass is 32.2. The number of benzene rings is 1. The molecule has 18 heavy (non-hydrogen) atoms. The van der Waals surface area contributed by atoms with Crippen LogP contribution >= 0.6 is 11.8 Å². The molecular weight excluding hydrogens is 267 g/mol. The summed E-state index contributed by atoms with van der Waals surface area (Å²) in [7, 11) is 1.43. The second kappa shape index (κ2) is 6.40. The van der Waals surface area contributed by atoms with E-state index in [2.05, 4.69) is 0 Å². The number of ether oxygens (including phenoxy) is 2. The minimum atomic E-state index is -4.25. The number of halogens is 3. The van der Waals surface area contributed by atoms with Gasteiger partial charge in [0.1, 0.15) is 11.5 Å². The molecule has 98 valence electrons. The zero-order chi connectivity index (χ0) is 13.6. The van der Waals surface area contributed by atoms with Crippen molar-refractivity contribution in [2.75, 3.05) is 19.5 Å². The summed E-state index contributed by atoms with van der Waals surface area (Å²) in [5.74, 6) is 0.531. The van der Waals surface area contributed by atoms with Gasteiger partial charge in [-0.05, 0) is 23.9 Å². The van der Waals surface area contributed by atoms with Gasteiger partial charge in [0.15, 0.2) is 0 Å². The summed E-state index contributed by atoms with van der Waals surface area (Å²) in [5.41, 5.74) is -3.93. The molecule has 0 saturated carbocycles. The molecule has 0 atom stereocenters. The van der Waals surface area contributed by atoms with Gasteiger partial charge in [-0.25, -0.2) is 0 Å². The Kier molecular flexibility index (Phi) is 5.16. The van der Waals surface area contributed by atoms with E-state index in [-0.39, 0.29) is 24.1 Å². The van der Waals surface area contributed by atoms with Gasteiger partial charge < -0.3 is 9.47 Å². The van der Waals surface area contributed by atoms with Gasteiger partial charge in [0.05, 0.1) is 25.3 Å². The maximum atomic E-state index is 11.9. The zero-order valence-corrected chi connectivity index (χ0v) is 10.3. The van der Waals surface area contributed by atoms with Crippen LogP contribution in [0.25, 0.3) is 0 Å². The van der Waals surface area contributed by atoms with Crippen LogP contribution < -0.4 is 9.47 Å². The summed E-state index contributed by atoms with van der Waals surface area (Å²) in [6, 6.07) is 6.38. The number of thioether (sulfide) groups is 1. The lowest BCUT2D eigenvalue weighted by Gasteiger charge is -2.09. The van der Waals surface area contributed by atoms with E-state index < -0.39 is 5.51 Å². The molecule has 0 aliphatic heterocycles. The molecule has 0 amide bonds. The highest BCUT2D eigenvalue weighted by Crippen LogP contribution is 2.30. The Bertz CT molecular complexity index is 443. The molecule has 7 heteroatoms. The van der Waals surface area contributed by atoms with Crippen LogP contribution in [0.15, 0.2) is 18.2 Å². The zero-order valence-electron chi connectivity index (χ0n) is 9.45. The summed E-state index contributed by atoms with van der Waals surface area (Å²) < 4.78 is 45.7. The quantitative estimate of drug-likeness (QED) is 0.775. The van der Waals surface area contributed by atoms with Gasteiger partial charge in [0, 0.05) is 11.8 Å². The number of nitrogens with zero attached hydrogens (tertiary/aromatic N) is 1. The Hall–Kier alpha value is -1.55. The molecule has 3 nitrogen and oxygen atoms in total. The van der Waals surface area contributed by atoms with Crippen LogP contribution in [0.2, 0.25) is 0 Å². The third-order valence-corrected chi connectivity index (χ3v) is 2.56. The lowest BCUT2D eigenvalue weighted by molar-refractivity contribution is -0.0329. The van der Waals surface area contributed by atoms with Crippen molar-refractivity contribution < 1.29 is 22.6 Å². The number of alkyl halides is 3. The molecule has 0 aromatic heterocycles. The van der Waals surface area contributed by atoms with Crippen molar-refractivity contribution in [3.8, 4) is 17.6 Å². The molecule has 0 fully saturated rings. The Morgan fingerprint density at radius 3 is 2.50 bits per heavy atom. The summed E-state index contributed by atoms with van der Waals surface area (Å²) in [5, 5.41) is 8.75. The third-order valence-electron chi connectivity index (χ3n) is 1.86. The van der Waals surface area contributed by atoms with Gasteiger partial charge in [-0.3, -0.25) is 0 Å².